The van der Waals surface area contributed by atoms with Crippen molar-refractivity contribution in [2.75, 3.05) is 44.2 Å². The van der Waals surface area contributed by atoms with Crippen molar-refractivity contribution in [1.82, 2.24) is 24.3 Å². The third kappa shape index (κ3) is 3.61. The molecule has 1 N–H and O–H groups in total. The Hall–Kier alpha value is -1.57. The van der Waals surface area contributed by atoms with E-state index < -0.39 is 10.0 Å². The number of ether oxygens (including phenoxy) is 1. The minimum atomic E-state index is -0.514. The summed E-state index contributed by atoms with van der Waals surface area (Å²) < 4.78 is 10.3. The first kappa shape index (κ1) is 17.8. The number of imidazole rings is 1. The average molecular weight is 376 g/mol. The quantitative estimate of drug-likeness (QED) is 0.673. The fourth-order valence-electron chi connectivity index (χ4n) is 3.60. The molecule has 1 saturated heterocycles. The van der Waals surface area contributed by atoms with Crippen molar-refractivity contribution in [3.8, 4) is 0 Å². The Bertz CT molecular complexity index is 888. The molecule has 6 nitrogen and oxygen atoms in total. The van der Waals surface area contributed by atoms with Crippen LogP contribution in [0.1, 0.15) is 24.5 Å². The first-order valence-electron chi connectivity index (χ1n) is 9.28. The van der Waals surface area contributed by atoms with Crippen LogP contribution in [0, 0.1) is 0 Å². The monoisotopic (exact) mass is 375 g/mol. The minimum Gasteiger partial charge on any atom is -0.360 e. The lowest BCUT2D eigenvalue weighted by atomic mass is 9.95. The van der Waals surface area contributed by atoms with Crippen LogP contribution in [0.4, 0.5) is 0 Å². The van der Waals surface area contributed by atoms with Crippen LogP contribution in [0.3, 0.4) is 0 Å². The van der Waals surface area contributed by atoms with Crippen LogP contribution in [0.25, 0.3) is 16.8 Å². The highest BCUT2D eigenvalue weighted by Gasteiger charge is 2.20. The van der Waals surface area contributed by atoms with E-state index in [1.54, 1.807) is 0 Å². The second-order valence-corrected chi connectivity index (χ2v) is 12.6. The van der Waals surface area contributed by atoms with Gasteiger partial charge in [0.15, 0.2) is 11.3 Å². The van der Waals surface area contributed by atoms with Gasteiger partial charge in [0.25, 0.3) is 0 Å². The van der Waals surface area contributed by atoms with Gasteiger partial charge in [-0.05, 0) is 50.8 Å². The van der Waals surface area contributed by atoms with Crippen LogP contribution in [-0.2, 0) is 11.5 Å². The number of fused-ring (bicyclic) bond motifs is 3. The topological polar surface area (TPSA) is 56.4 Å². The molecule has 0 spiro atoms. The third-order valence-corrected chi connectivity index (χ3v) is 6.49. The van der Waals surface area contributed by atoms with E-state index in [0.717, 1.165) is 55.1 Å². The summed E-state index contributed by atoms with van der Waals surface area (Å²) in [7, 11) is -0.514. The number of aromatic nitrogens is 4. The van der Waals surface area contributed by atoms with Crippen LogP contribution in [-0.4, -0.2) is 63.2 Å². The highest BCUT2D eigenvalue weighted by atomic mass is 32.3. The van der Waals surface area contributed by atoms with E-state index in [0.29, 0.717) is 12.6 Å². The van der Waals surface area contributed by atoms with Crippen LogP contribution in [0.5, 0.6) is 0 Å². The number of nitrogens with one attached hydrogen (secondary N) is 1. The molecule has 1 aliphatic rings. The Kier molecular flexibility index (Phi) is 4.94. The Morgan fingerprint density at radius 1 is 1.19 bits per heavy atom. The molecule has 0 aromatic carbocycles. The molecular formula is C19H29N5OS. The Labute approximate surface area is 156 Å². The van der Waals surface area contributed by atoms with E-state index in [9.17, 15) is 0 Å². The van der Waals surface area contributed by atoms with Crippen molar-refractivity contribution < 1.29 is 4.74 Å². The average Bonchev–Trinajstić information content (AvgIpc) is 3.22. The SMILES string of the molecule is CS(C)(C)CCOCn1ccc2c1ncc1ncc(C3CCNCC3)n12. The van der Waals surface area contributed by atoms with Gasteiger partial charge in [-0.15, -0.1) is 0 Å². The summed E-state index contributed by atoms with van der Waals surface area (Å²) in [6.45, 7) is 3.51. The molecule has 4 heterocycles. The standard InChI is InChI=1S/C19H29N5OS/c1-26(2,3)11-10-25-14-23-9-6-16-19(23)22-13-18-21-12-17(24(16)18)15-4-7-20-8-5-15/h6,9,12-13,15,20H,4-5,7-8,10-11,14H2,1-3H3. The summed E-state index contributed by atoms with van der Waals surface area (Å²) in [6, 6.07) is 2.14. The maximum Gasteiger partial charge on any atom is 0.159 e. The van der Waals surface area contributed by atoms with E-state index in [2.05, 4.69) is 55.3 Å². The van der Waals surface area contributed by atoms with Gasteiger partial charge in [-0.3, -0.25) is 4.40 Å². The second kappa shape index (κ2) is 7.21. The number of hydrogen-bond acceptors (Lipinski definition) is 4. The van der Waals surface area contributed by atoms with Crippen molar-refractivity contribution in [1.29, 1.82) is 0 Å². The zero-order valence-electron chi connectivity index (χ0n) is 15.9. The van der Waals surface area contributed by atoms with Crippen LogP contribution in [0.15, 0.2) is 24.7 Å². The van der Waals surface area contributed by atoms with Gasteiger partial charge in [0.2, 0.25) is 0 Å². The predicted molar refractivity (Wildman–Crippen MR) is 110 cm³/mol. The zero-order valence-corrected chi connectivity index (χ0v) is 16.8. The molecule has 0 saturated carbocycles. The zero-order chi connectivity index (χ0) is 18.1. The maximum absolute atomic E-state index is 5.91. The van der Waals surface area contributed by atoms with Gasteiger partial charge in [-0.2, -0.15) is 0 Å². The van der Waals surface area contributed by atoms with Crippen molar-refractivity contribution in [3.05, 3.63) is 30.4 Å². The molecule has 0 atom stereocenters. The lowest BCUT2D eigenvalue weighted by Gasteiger charge is -2.24. The fraction of sp³-hybridized carbons (Fsp3) is 0.579. The largest absolute Gasteiger partial charge is 0.360 e. The lowest BCUT2D eigenvalue weighted by molar-refractivity contribution is 0.0923. The summed E-state index contributed by atoms with van der Waals surface area (Å²) in [4.78, 5) is 9.25. The maximum atomic E-state index is 5.91. The normalized spacial score (nSPS) is 17.3. The second-order valence-electron chi connectivity index (χ2n) is 7.99. The Morgan fingerprint density at radius 3 is 2.77 bits per heavy atom. The number of hydrogen-bond donors (Lipinski definition) is 1. The molecule has 142 valence electrons. The van der Waals surface area contributed by atoms with E-state index in [1.807, 2.05) is 12.4 Å². The summed E-state index contributed by atoms with van der Waals surface area (Å²) >= 11 is 0. The molecule has 0 bridgehead atoms. The highest BCUT2D eigenvalue weighted by molar-refractivity contribution is 8.32. The molecule has 3 aromatic heterocycles. The molecule has 3 aromatic rings. The predicted octanol–water partition coefficient (Wildman–Crippen LogP) is 2.82. The number of piperidine rings is 1. The van der Waals surface area contributed by atoms with Crippen molar-refractivity contribution in [2.24, 2.45) is 0 Å². The third-order valence-electron chi connectivity index (χ3n) is 5.10. The van der Waals surface area contributed by atoms with Crippen LogP contribution < -0.4 is 5.32 Å². The summed E-state index contributed by atoms with van der Waals surface area (Å²) in [5.41, 5.74) is 4.33. The van der Waals surface area contributed by atoms with E-state index >= 15 is 0 Å². The molecule has 7 heteroatoms. The lowest BCUT2D eigenvalue weighted by Crippen LogP contribution is -2.27. The van der Waals surface area contributed by atoms with Gasteiger partial charge in [0, 0.05) is 29.8 Å². The van der Waals surface area contributed by atoms with Gasteiger partial charge >= 0.3 is 0 Å². The van der Waals surface area contributed by atoms with Gasteiger partial charge in [0.05, 0.1) is 18.3 Å². The molecule has 0 aliphatic carbocycles. The van der Waals surface area contributed by atoms with Gasteiger partial charge in [-0.1, -0.05) is 0 Å². The van der Waals surface area contributed by atoms with Crippen molar-refractivity contribution in [2.45, 2.75) is 25.5 Å². The summed E-state index contributed by atoms with van der Waals surface area (Å²) in [6.07, 6.45) is 15.3. The fourth-order valence-corrected chi connectivity index (χ4v) is 4.22. The van der Waals surface area contributed by atoms with Gasteiger partial charge in [0.1, 0.15) is 6.73 Å². The molecule has 0 unspecified atom stereocenters. The van der Waals surface area contributed by atoms with Crippen molar-refractivity contribution >= 4 is 26.8 Å². The van der Waals surface area contributed by atoms with E-state index in [1.165, 1.54) is 5.69 Å². The number of rotatable bonds is 6. The number of nitrogens with zero attached hydrogens (tertiary/aromatic N) is 4. The van der Waals surface area contributed by atoms with Gasteiger partial charge in [-0.25, -0.2) is 20.0 Å². The van der Waals surface area contributed by atoms with Crippen LogP contribution >= 0.6 is 10.0 Å². The van der Waals surface area contributed by atoms with E-state index in [-0.39, 0.29) is 0 Å². The summed E-state index contributed by atoms with van der Waals surface area (Å²) in [5.74, 6) is 1.69. The van der Waals surface area contributed by atoms with Gasteiger partial charge < -0.3 is 14.6 Å². The highest BCUT2D eigenvalue weighted by Crippen LogP contribution is 2.33. The Morgan fingerprint density at radius 2 is 2.00 bits per heavy atom. The first-order chi connectivity index (χ1) is 12.5. The minimum absolute atomic E-state index is 0.514. The first-order valence-corrected chi connectivity index (χ1v) is 12.3. The smallest absolute Gasteiger partial charge is 0.159 e. The molecule has 1 fully saturated rings. The molecule has 4 rings (SSSR count). The molecule has 0 amide bonds. The van der Waals surface area contributed by atoms with E-state index in [4.69, 9.17) is 4.74 Å². The molecule has 1 aliphatic heterocycles. The van der Waals surface area contributed by atoms with Crippen LogP contribution in [0.2, 0.25) is 0 Å². The molecule has 0 radical (unpaired) electrons. The Balaban J connectivity index is 1.60. The molecule has 26 heavy (non-hydrogen) atoms. The van der Waals surface area contributed by atoms with Crippen molar-refractivity contribution in [3.63, 3.8) is 0 Å². The summed E-state index contributed by atoms with van der Waals surface area (Å²) in [5, 5.41) is 3.44. The molecular weight excluding hydrogens is 346 g/mol.